The molecule has 0 aromatic heterocycles. The Balaban J connectivity index is 1.84. The highest BCUT2D eigenvalue weighted by Gasteiger charge is 2.21. The smallest absolute Gasteiger partial charge is 0.253 e. The Bertz CT molecular complexity index is 698. The molecule has 2 N–H and O–H groups in total. The van der Waals surface area contributed by atoms with Gasteiger partial charge in [0.2, 0.25) is 5.91 Å². The number of carbonyl (C=O) groups excluding carboxylic acids is 2. The average molecular weight is 444 g/mol. The van der Waals surface area contributed by atoms with Gasteiger partial charge in [-0.05, 0) is 50.8 Å². The highest BCUT2D eigenvalue weighted by molar-refractivity contribution is 6.02. The first-order valence-electron chi connectivity index (χ1n) is 13.0. The molecule has 5 nitrogen and oxygen atoms in total. The van der Waals surface area contributed by atoms with Crippen molar-refractivity contribution >= 4 is 23.2 Å². The number of nitrogens with zero attached hydrogens (tertiary/aromatic N) is 1. The van der Waals surface area contributed by atoms with E-state index < -0.39 is 0 Å². The first-order valence-corrected chi connectivity index (χ1v) is 13.0. The highest BCUT2D eigenvalue weighted by Crippen LogP contribution is 2.28. The maximum Gasteiger partial charge on any atom is 0.253 e. The Morgan fingerprint density at radius 2 is 1.56 bits per heavy atom. The van der Waals surface area contributed by atoms with E-state index in [0.29, 0.717) is 17.7 Å². The van der Waals surface area contributed by atoms with Gasteiger partial charge in [0, 0.05) is 36.9 Å². The third kappa shape index (κ3) is 9.22. The van der Waals surface area contributed by atoms with Crippen molar-refractivity contribution in [3.05, 3.63) is 23.8 Å². The zero-order valence-corrected chi connectivity index (χ0v) is 20.7. The molecule has 0 radical (unpaired) electrons. The molecule has 2 rings (SSSR count). The molecule has 0 bridgehead atoms. The molecule has 1 aromatic carbocycles. The number of benzene rings is 1. The van der Waals surface area contributed by atoms with Crippen molar-refractivity contribution in [1.29, 1.82) is 0 Å². The molecular formula is C27H45N3O2. The van der Waals surface area contributed by atoms with Gasteiger partial charge in [-0.25, -0.2) is 0 Å². The average Bonchev–Trinajstić information content (AvgIpc) is 3.32. The van der Waals surface area contributed by atoms with Crippen LogP contribution in [0.2, 0.25) is 0 Å². The Morgan fingerprint density at radius 1 is 0.938 bits per heavy atom. The van der Waals surface area contributed by atoms with Crippen LogP contribution in [0.25, 0.3) is 0 Å². The summed E-state index contributed by atoms with van der Waals surface area (Å²) in [7, 11) is 0. The number of hydrogen-bond acceptors (Lipinski definition) is 3. The lowest BCUT2D eigenvalue weighted by molar-refractivity contribution is -0.116. The quantitative estimate of drug-likeness (QED) is 0.297. The Hall–Kier alpha value is -2.04. The lowest BCUT2D eigenvalue weighted by Crippen LogP contribution is -2.33. The third-order valence-corrected chi connectivity index (χ3v) is 6.47. The Kier molecular flexibility index (Phi) is 12.2. The van der Waals surface area contributed by atoms with Crippen molar-refractivity contribution in [1.82, 2.24) is 5.32 Å². The first kappa shape index (κ1) is 26.2. The summed E-state index contributed by atoms with van der Waals surface area (Å²) in [6.45, 7) is 8.29. The zero-order valence-electron chi connectivity index (χ0n) is 20.7. The molecule has 1 unspecified atom stereocenters. The van der Waals surface area contributed by atoms with Crippen LogP contribution >= 0.6 is 0 Å². The van der Waals surface area contributed by atoms with E-state index in [-0.39, 0.29) is 17.9 Å². The van der Waals surface area contributed by atoms with E-state index in [4.69, 9.17) is 0 Å². The van der Waals surface area contributed by atoms with Gasteiger partial charge in [-0.15, -0.1) is 0 Å². The van der Waals surface area contributed by atoms with Crippen LogP contribution in [-0.4, -0.2) is 30.9 Å². The predicted molar refractivity (Wildman–Crippen MR) is 136 cm³/mol. The van der Waals surface area contributed by atoms with Gasteiger partial charge in [0.25, 0.3) is 5.91 Å². The number of amides is 2. The van der Waals surface area contributed by atoms with Crippen LogP contribution in [0.4, 0.5) is 11.4 Å². The Morgan fingerprint density at radius 3 is 2.19 bits per heavy atom. The number of carbonyl (C=O) groups is 2. The van der Waals surface area contributed by atoms with Gasteiger partial charge in [0.15, 0.2) is 0 Å². The van der Waals surface area contributed by atoms with Crippen LogP contribution < -0.4 is 15.5 Å². The molecule has 1 fully saturated rings. The summed E-state index contributed by atoms with van der Waals surface area (Å²) in [4.78, 5) is 27.7. The van der Waals surface area contributed by atoms with E-state index in [9.17, 15) is 9.59 Å². The maximum atomic E-state index is 12.9. The van der Waals surface area contributed by atoms with Gasteiger partial charge in [0.1, 0.15) is 0 Å². The van der Waals surface area contributed by atoms with Crippen molar-refractivity contribution in [2.24, 2.45) is 0 Å². The topological polar surface area (TPSA) is 61.4 Å². The third-order valence-electron chi connectivity index (χ3n) is 6.47. The SMILES string of the molecule is CCCCCCCCCCCC(=O)Nc1ccc(N2CCCC2)c(C(=O)NC(C)CC)c1. The van der Waals surface area contributed by atoms with Crippen LogP contribution in [0.3, 0.4) is 0 Å². The molecule has 5 heteroatoms. The molecule has 1 aliphatic heterocycles. The van der Waals surface area contributed by atoms with Crippen molar-refractivity contribution < 1.29 is 9.59 Å². The molecule has 180 valence electrons. The van der Waals surface area contributed by atoms with Gasteiger partial charge < -0.3 is 15.5 Å². The number of rotatable bonds is 15. The van der Waals surface area contributed by atoms with E-state index in [1.165, 1.54) is 44.9 Å². The van der Waals surface area contributed by atoms with Gasteiger partial charge in [-0.3, -0.25) is 9.59 Å². The number of unbranched alkanes of at least 4 members (excludes halogenated alkanes) is 8. The van der Waals surface area contributed by atoms with Crippen molar-refractivity contribution in [3.8, 4) is 0 Å². The second-order valence-corrected chi connectivity index (χ2v) is 9.34. The lowest BCUT2D eigenvalue weighted by Gasteiger charge is -2.23. The molecule has 1 saturated heterocycles. The summed E-state index contributed by atoms with van der Waals surface area (Å²) in [6, 6.07) is 5.89. The lowest BCUT2D eigenvalue weighted by atomic mass is 10.1. The van der Waals surface area contributed by atoms with E-state index in [1.54, 1.807) is 0 Å². The maximum absolute atomic E-state index is 12.9. The number of hydrogen-bond donors (Lipinski definition) is 2. The zero-order chi connectivity index (χ0) is 23.2. The summed E-state index contributed by atoms with van der Waals surface area (Å²) in [5.41, 5.74) is 2.34. The van der Waals surface area contributed by atoms with E-state index in [2.05, 4.69) is 29.4 Å². The summed E-state index contributed by atoms with van der Waals surface area (Å²) < 4.78 is 0. The molecule has 2 amide bonds. The fourth-order valence-corrected chi connectivity index (χ4v) is 4.25. The van der Waals surface area contributed by atoms with E-state index >= 15 is 0 Å². The molecule has 1 aromatic rings. The molecule has 0 aliphatic carbocycles. The first-order chi connectivity index (χ1) is 15.5. The van der Waals surface area contributed by atoms with Crippen LogP contribution in [0.5, 0.6) is 0 Å². The second-order valence-electron chi connectivity index (χ2n) is 9.34. The molecule has 32 heavy (non-hydrogen) atoms. The number of anilines is 2. The normalized spacial score (nSPS) is 14.4. The summed E-state index contributed by atoms with van der Waals surface area (Å²) >= 11 is 0. The van der Waals surface area contributed by atoms with Crippen molar-refractivity contribution in [2.75, 3.05) is 23.3 Å². The van der Waals surface area contributed by atoms with E-state index in [0.717, 1.165) is 50.9 Å². The van der Waals surface area contributed by atoms with Crippen LogP contribution in [0.1, 0.15) is 115 Å². The standard InChI is InChI=1S/C27H45N3O2/c1-4-6-7-8-9-10-11-12-13-16-26(31)29-23-17-18-25(30-19-14-15-20-30)24(21-23)27(32)28-22(3)5-2/h17-18,21-22H,4-16,19-20H2,1-3H3,(H,28,32)(H,29,31). The molecular weight excluding hydrogens is 398 g/mol. The summed E-state index contributed by atoms with van der Waals surface area (Å²) in [6.07, 6.45) is 14.9. The largest absolute Gasteiger partial charge is 0.371 e. The molecule has 1 heterocycles. The fourth-order valence-electron chi connectivity index (χ4n) is 4.25. The Labute approximate surface area is 195 Å². The van der Waals surface area contributed by atoms with Crippen molar-refractivity contribution in [2.45, 2.75) is 110 Å². The summed E-state index contributed by atoms with van der Waals surface area (Å²) in [5, 5.41) is 6.09. The van der Waals surface area contributed by atoms with Crippen LogP contribution in [0, 0.1) is 0 Å². The highest BCUT2D eigenvalue weighted by atomic mass is 16.2. The summed E-state index contributed by atoms with van der Waals surface area (Å²) in [5.74, 6) is -0.0218. The van der Waals surface area contributed by atoms with Crippen molar-refractivity contribution in [3.63, 3.8) is 0 Å². The van der Waals surface area contributed by atoms with Gasteiger partial charge in [-0.1, -0.05) is 65.2 Å². The molecule has 1 aliphatic rings. The second kappa shape index (κ2) is 14.9. The predicted octanol–water partition coefficient (Wildman–Crippen LogP) is 6.67. The minimum absolute atomic E-state index is 0.0372. The molecule has 0 spiro atoms. The van der Waals surface area contributed by atoms with Gasteiger partial charge in [-0.2, -0.15) is 0 Å². The van der Waals surface area contributed by atoms with E-state index in [1.807, 2.05) is 25.1 Å². The fraction of sp³-hybridized carbons (Fsp3) is 0.704. The van der Waals surface area contributed by atoms with Gasteiger partial charge in [0.05, 0.1) is 5.56 Å². The minimum Gasteiger partial charge on any atom is -0.371 e. The van der Waals surface area contributed by atoms with Crippen LogP contribution in [0.15, 0.2) is 18.2 Å². The van der Waals surface area contributed by atoms with Gasteiger partial charge >= 0.3 is 0 Å². The monoisotopic (exact) mass is 443 g/mol. The van der Waals surface area contributed by atoms with Crippen LogP contribution in [-0.2, 0) is 4.79 Å². The molecule has 0 saturated carbocycles. The molecule has 1 atom stereocenters. The number of nitrogens with one attached hydrogen (secondary N) is 2. The minimum atomic E-state index is -0.0590.